The molecular weight excluding hydrogens is 272 g/mol. The number of ether oxygens (including phenoxy) is 3. The maximum absolute atomic E-state index is 5.33. The first kappa shape index (κ1) is 15.1. The number of nitrogens with one attached hydrogen (secondary N) is 1. The van der Waals surface area contributed by atoms with Gasteiger partial charge in [0.2, 0.25) is 5.75 Å². The van der Waals surface area contributed by atoms with Crippen LogP contribution >= 0.6 is 0 Å². The lowest BCUT2D eigenvalue weighted by atomic mass is 10.2. The van der Waals surface area contributed by atoms with Crippen molar-refractivity contribution >= 4 is 0 Å². The molecule has 0 aliphatic rings. The molecule has 0 unspecified atom stereocenters. The van der Waals surface area contributed by atoms with Gasteiger partial charge in [0.15, 0.2) is 11.5 Å². The molecule has 7 nitrogen and oxygen atoms in total. The summed E-state index contributed by atoms with van der Waals surface area (Å²) in [6.45, 7) is 2.26. The van der Waals surface area contributed by atoms with E-state index in [4.69, 9.17) is 14.2 Å². The molecule has 0 fully saturated rings. The summed E-state index contributed by atoms with van der Waals surface area (Å²) in [6.07, 6.45) is 3.50. The average Bonchev–Trinajstić information content (AvgIpc) is 3.03. The summed E-state index contributed by atoms with van der Waals surface area (Å²) in [6, 6.07) is 3.87. The molecule has 0 saturated heterocycles. The Kier molecular flexibility index (Phi) is 5.39. The summed E-state index contributed by atoms with van der Waals surface area (Å²) in [7, 11) is 4.81. The Morgan fingerprint density at radius 2 is 1.81 bits per heavy atom. The molecule has 2 aromatic rings. The average molecular weight is 292 g/mol. The number of methoxy groups -OCH3 is 3. The topological polar surface area (TPSA) is 70.4 Å². The van der Waals surface area contributed by atoms with Crippen LogP contribution in [0.4, 0.5) is 0 Å². The van der Waals surface area contributed by atoms with Crippen molar-refractivity contribution in [2.75, 3.05) is 27.9 Å². The molecule has 1 aromatic carbocycles. The second-order valence-corrected chi connectivity index (χ2v) is 4.38. The van der Waals surface area contributed by atoms with Crippen molar-refractivity contribution < 1.29 is 14.2 Å². The van der Waals surface area contributed by atoms with Crippen molar-refractivity contribution in [2.45, 2.75) is 13.1 Å². The van der Waals surface area contributed by atoms with Crippen LogP contribution in [0, 0.1) is 0 Å². The molecule has 0 spiro atoms. The van der Waals surface area contributed by atoms with E-state index in [1.165, 1.54) is 0 Å². The molecule has 0 amide bonds. The van der Waals surface area contributed by atoms with Crippen LogP contribution in [0.25, 0.3) is 0 Å². The molecular formula is C14H20N4O3. The predicted molar refractivity (Wildman–Crippen MR) is 77.8 cm³/mol. The monoisotopic (exact) mass is 292 g/mol. The fourth-order valence-electron chi connectivity index (χ4n) is 2.02. The van der Waals surface area contributed by atoms with Crippen molar-refractivity contribution in [3.63, 3.8) is 0 Å². The van der Waals surface area contributed by atoms with Gasteiger partial charge in [-0.3, -0.25) is 4.68 Å². The fraction of sp³-hybridized carbons (Fsp3) is 0.429. The minimum Gasteiger partial charge on any atom is -0.493 e. The van der Waals surface area contributed by atoms with Crippen LogP contribution in [0.5, 0.6) is 17.2 Å². The van der Waals surface area contributed by atoms with Gasteiger partial charge in [0, 0.05) is 19.3 Å². The summed E-state index contributed by atoms with van der Waals surface area (Å²) in [5, 5.41) is 11.0. The zero-order valence-electron chi connectivity index (χ0n) is 12.5. The molecule has 0 radical (unpaired) electrons. The molecule has 7 heteroatoms. The van der Waals surface area contributed by atoms with Gasteiger partial charge in [-0.2, -0.15) is 0 Å². The van der Waals surface area contributed by atoms with Gasteiger partial charge in [-0.15, -0.1) is 5.10 Å². The third-order valence-corrected chi connectivity index (χ3v) is 3.04. The standard InChI is InChI=1S/C14H20N4O3/c1-19-12-8-11(9-13(20-2)14(12)21-3)10-15-4-6-18-7-5-16-17-18/h5,7-9,15H,4,6,10H2,1-3H3. The maximum atomic E-state index is 5.33. The second-order valence-electron chi connectivity index (χ2n) is 4.38. The molecule has 0 aliphatic heterocycles. The van der Waals surface area contributed by atoms with E-state index in [0.717, 1.165) is 18.7 Å². The van der Waals surface area contributed by atoms with E-state index in [2.05, 4.69) is 15.6 Å². The smallest absolute Gasteiger partial charge is 0.203 e. The SMILES string of the molecule is COc1cc(CNCCn2ccnn2)cc(OC)c1OC. The molecule has 1 heterocycles. The lowest BCUT2D eigenvalue weighted by molar-refractivity contribution is 0.323. The molecule has 0 atom stereocenters. The molecule has 1 aromatic heterocycles. The molecule has 114 valence electrons. The maximum Gasteiger partial charge on any atom is 0.203 e. The third kappa shape index (κ3) is 3.85. The molecule has 0 bridgehead atoms. The molecule has 2 rings (SSSR count). The van der Waals surface area contributed by atoms with Crippen molar-refractivity contribution in [3.8, 4) is 17.2 Å². The van der Waals surface area contributed by atoms with E-state index < -0.39 is 0 Å². The van der Waals surface area contributed by atoms with Gasteiger partial charge in [0.05, 0.1) is 34.1 Å². The second kappa shape index (κ2) is 7.49. The van der Waals surface area contributed by atoms with Crippen LogP contribution in [0.1, 0.15) is 5.56 Å². The van der Waals surface area contributed by atoms with Crippen LogP contribution in [0.3, 0.4) is 0 Å². The van der Waals surface area contributed by atoms with Crippen molar-refractivity contribution in [1.29, 1.82) is 0 Å². The highest BCUT2D eigenvalue weighted by Gasteiger charge is 2.12. The highest BCUT2D eigenvalue weighted by atomic mass is 16.5. The van der Waals surface area contributed by atoms with Crippen LogP contribution in [-0.4, -0.2) is 42.9 Å². The number of benzene rings is 1. The Morgan fingerprint density at radius 1 is 1.10 bits per heavy atom. The van der Waals surface area contributed by atoms with Gasteiger partial charge in [-0.1, -0.05) is 5.21 Å². The number of rotatable bonds is 8. The van der Waals surface area contributed by atoms with Gasteiger partial charge in [-0.05, 0) is 17.7 Å². The van der Waals surface area contributed by atoms with Crippen molar-refractivity contribution in [3.05, 3.63) is 30.1 Å². The molecule has 1 N–H and O–H groups in total. The third-order valence-electron chi connectivity index (χ3n) is 3.04. The summed E-state index contributed by atoms with van der Waals surface area (Å²) in [5.41, 5.74) is 1.06. The van der Waals surface area contributed by atoms with Gasteiger partial charge in [-0.25, -0.2) is 0 Å². The van der Waals surface area contributed by atoms with Crippen LogP contribution in [0.2, 0.25) is 0 Å². The van der Waals surface area contributed by atoms with Crippen molar-refractivity contribution in [2.24, 2.45) is 0 Å². The Hall–Kier alpha value is -2.28. The van der Waals surface area contributed by atoms with Crippen molar-refractivity contribution in [1.82, 2.24) is 20.3 Å². The van der Waals surface area contributed by atoms with Crippen LogP contribution < -0.4 is 19.5 Å². The van der Waals surface area contributed by atoms with Crippen LogP contribution in [0.15, 0.2) is 24.5 Å². The predicted octanol–water partition coefficient (Wildman–Crippen LogP) is 1.09. The zero-order chi connectivity index (χ0) is 15.1. The Labute approximate surface area is 123 Å². The first-order valence-electron chi connectivity index (χ1n) is 6.62. The molecule has 21 heavy (non-hydrogen) atoms. The summed E-state index contributed by atoms with van der Waals surface area (Å²) in [5.74, 6) is 1.92. The minimum absolute atomic E-state index is 0.603. The highest BCUT2D eigenvalue weighted by Crippen LogP contribution is 2.38. The lowest BCUT2D eigenvalue weighted by Gasteiger charge is -2.14. The van der Waals surface area contributed by atoms with E-state index in [0.29, 0.717) is 23.8 Å². The summed E-state index contributed by atoms with van der Waals surface area (Å²) >= 11 is 0. The van der Waals surface area contributed by atoms with E-state index in [-0.39, 0.29) is 0 Å². The van der Waals surface area contributed by atoms with Gasteiger partial charge in [0.1, 0.15) is 0 Å². The minimum atomic E-state index is 0.603. The summed E-state index contributed by atoms with van der Waals surface area (Å²) in [4.78, 5) is 0. The first-order valence-corrected chi connectivity index (χ1v) is 6.62. The molecule has 0 aliphatic carbocycles. The van der Waals surface area contributed by atoms with E-state index in [1.54, 1.807) is 32.2 Å². The zero-order valence-corrected chi connectivity index (χ0v) is 12.5. The Morgan fingerprint density at radius 3 is 2.33 bits per heavy atom. The van der Waals surface area contributed by atoms with E-state index in [9.17, 15) is 0 Å². The quantitative estimate of drug-likeness (QED) is 0.735. The summed E-state index contributed by atoms with van der Waals surface area (Å²) < 4.78 is 17.7. The van der Waals surface area contributed by atoms with Gasteiger partial charge < -0.3 is 19.5 Å². The fourth-order valence-corrected chi connectivity index (χ4v) is 2.02. The number of nitrogens with zero attached hydrogens (tertiary/aromatic N) is 3. The number of aromatic nitrogens is 3. The normalized spacial score (nSPS) is 10.4. The largest absolute Gasteiger partial charge is 0.493 e. The van der Waals surface area contributed by atoms with E-state index >= 15 is 0 Å². The van der Waals surface area contributed by atoms with Crippen LogP contribution in [-0.2, 0) is 13.1 Å². The Bertz CT molecular complexity index is 532. The van der Waals surface area contributed by atoms with Gasteiger partial charge >= 0.3 is 0 Å². The lowest BCUT2D eigenvalue weighted by Crippen LogP contribution is -2.20. The number of hydrogen-bond acceptors (Lipinski definition) is 6. The highest BCUT2D eigenvalue weighted by molar-refractivity contribution is 5.53. The molecule has 0 saturated carbocycles. The first-order chi connectivity index (χ1) is 10.3. The Balaban J connectivity index is 1.96. The number of hydrogen-bond donors (Lipinski definition) is 1. The van der Waals surface area contributed by atoms with Gasteiger partial charge in [0.25, 0.3) is 0 Å². The van der Waals surface area contributed by atoms with E-state index in [1.807, 2.05) is 18.3 Å².